The van der Waals surface area contributed by atoms with Gasteiger partial charge in [0.1, 0.15) is 5.75 Å². The van der Waals surface area contributed by atoms with Crippen molar-refractivity contribution >= 4 is 22.0 Å². The monoisotopic (exact) mass is 579 g/mol. The number of carbonyl (C=O) groups excluding carboxylic acids is 2. The van der Waals surface area contributed by atoms with Crippen molar-refractivity contribution in [3.8, 4) is 17.2 Å². The first kappa shape index (κ1) is 28.0. The number of carbonyl (C=O) groups is 2. The number of nitrogens with one attached hydrogen (secondary N) is 2. The van der Waals surface area contributed by atoms with Crippen LogP contribution in [0.3, 0.4) is 0 Å². The van der Waals surface area contributed by atoms with Crippen LogP contribution in [0.25, 0.3) is 0 Å². The normalized spacial score (nSPS) is 16.3. The molecule has 3 aromatic rings. The van der Waals surface area contributed by atoms with Crippen molar-refractivity contribution in [2.75, 3.05) is 27.1 Å². The number of benzene rings is 3. The molecule has 0 unspecified atom stereocenters. The fraction of sp³-hybridized carbons (Fsp3) is 0.241. The molecule has 0 saturated heterocycles. The SMILES string of the molecule is CCOC(=O)C1=C(CN(Cc2ccc3c(c2)OCO3)S(=O)(=O)c2ccccc2)NC(=O)N[C@H]1c1ccc(OC)cc1. The summed E-state index contributed by atoms with van der Waals surface area (Å²) in [6.45, 7) is 1.43. The maximum absolute atomic E-state index is 13.9. The summed E-state index contributed by atoms with van der Waals surface area (Å²) in [6.07, 6.45) is 0. The van der Waals surface area contributed by atoms with E-state index in [-0.39, 0.29) is 42.7 Å². The molecule has 0 saturated carbocycles. The molecule has 0 aromatic heterocycles. The van der Waals surface area contributed by atoms with Gasteiger partial charge in [0, 0.05) is 12.2 Å². The number of sulfonamides is 1. The molecule has 2 heterocycles. The molecule has 2 N–H and O–H groups in total. The van der Waals surface area contributed by atoms with Gasteiger partial charge < -0.3 is 29.6 Å². The minimum atomic E-state index is -4.10. The van der Waals surface area contributed by atoms with Crippen molar-refractivity contribution < 1.29 is 37.0 Å². The van der Waals surface area contributed by atoms with Crippen molar-refractivity contribution in [2.24, 2.45) is 0 Å². The fourth-order valence-corrected chi connectivity index (χ4v) is 6.04. The number of methoxy groups -OCH3 is 1. The van der Waals surface area contributed by atoms with Crippen LogP contribution < -0.4 is 24.8 Å². The van der Waals surface area contributed by atoms with Gasteiger partial charge in [0.2, 0.25) is 16.8 Å². The molecule has 2 aliphatic rings. The molecule has 5 rings (SSSR count). The highest BCUT2D eigenvalue weighted by Gasteiger charge is 2.36. The predicted octanol–water partition coefficient (Wildman–Crippen LogP) is 3.49. The molecule has 2 aliphatic heterocycles. The van der Waals surface area contributed by atoms with Crippen molar-refractivity contribution in [3.05, 3.63) is 95.2 Å². The zero-order valence-electron chi connectivity index (χ0n) is 22.5. The van der Waals surface area contributed by atoms with E-state index in [2.05, 4.69) is 10.6 Å². The highest BCUT2D eigenvalue weighted by molar-refractivity contribution is 7.89. The number of ether oxygens (including phenoxy) is 4. The molecule has 12 heteroatoms. The Hall–Kier alpha value is -4.55. The maximum Gasteiger partial charge on any atom is 0.338 e. The topological polar surface area (TPSA) is 132 Å². The smallest absolute Gasteiger partial charge is 0.338 e. The molecule has 0 spiro atoms. The Morgan fingerprint density at radius 3 is 2.44 bits per heavy atom. The van der Waals surface area contributed by atoms with E-state index in [1.54, 1.807) is 67.6 Å². The lowest BCUT2D eigenvalue weighted by Crippen LogP contribution is -2.49. The van der Waals surface area contributed by atoms with Crippen LogP contribution in [0.15, 0.2) is 89.0 Å². The second-order valence-corrected chi connectivity index (χ2v) is 11.1. The van der Waals surface area contributed by atoms with Gasteiger partial charge in [-0.2, -0.15) is 4.31 Å². The highest BCUT2D eigenvalue weighted by Crippen LogP contribution is 2.34. The number of hydrogen-bond donors (Lipinski definition) is 2. The summed E-state index contributed by atoms with van der Waals surface area (Å²) < 4.78 is 50.5. The molecule has 214 valence electrons. The molecule has 3 aromatic carbocycles. The summed E-state index contributed by atoms with van der Waals surface area (Å²) in [6, 6.07) is 18.5. The van der Waals surface area contributed by atoms with E-state index < -0.39 is 28.1 Å². The van der Waals surface area contributed by atoms with Gasteiger partial charge in [-0.3, -0.25) is 0 Å². The third-order valence-corrected chi connectivity index (χ3v) is 8.42. The first-order valence-electron chi connectivity index (χ1n) is 12.9. The van der Waals surface area contributed by atoms with Crippen LogP contribution in [-0.2, 0) is 26.1 Å². The lowest BCUT2D eigenvalue weighted by molar-refractivity contribution is -0.139. The number of fused-ring (bicyclic) bond motifs is 1. The number of nitrogens with zero attached hydrogens (tertiary/aromatic N) is 1. The Balaban J connectivity index is 1.59. The summed E-state index contributed by atoms with van der Waals surface area (Å²) in [5, 5.41) is 5.43. The van der Waals surface area contributed by atoms with Crippen LogP contribution in [0.4, 0.5) is 4.79 Å². The third kappa shape index (κ3) is 5.98. The Morgan fingerprint density at radius 1 is 1.00 bits per heavy atom. The Labute approximate surface area is 237 Å². The average Bonchev–Trinajstić information content (AvgIpc) is 3.45. The van der Waals surface area contributed by atoms with Gasteiger partial charge >= 0.3 is 12.0 Å². The molecule has 0 bridgehead atoms. The molecular weight excluding hydrogens is 550 g/mol. The number of amides is 2. The van der Waals surface area contributed by atoms with Gasteiger partial charge in [0.15, 0.2) is 11.5 Å². The minimum absolute atomic E-state index is 0.0611. The van der Waals surface area contributed by atoms with E-state index in [4.69, 9.17) is 18.9 Å². The van der Waals surface area contributed by atoms with Gasteiger partial charge in [-0.1, -0.05) is 36.4 Å². The zero-order valence-corrected chi connectivity index (χ0v) is 23.3. The number of rotatable bonds is 10. The lowest BCUT2D eigenvalue weighted by atomic mass is 9.95. The summed E-state index contributed by atoms with van der Waals surface area (Å²) in [5.41, 5.74) is 1.41. The summed E-state index contributed by atoms with van der Waals surface area (Å²) in [5.74, 6) is 0.975. The summed E-state index contributed by atoms with van der Waals surface area (Å²) >= 11 is 0. The average molecular weight is 580 g/mol. The van der Waals surface area contributed by atoms with Crippen molar-refractivity contribution in [1.82, 2.24) is 14.9 Å². The van der Waals surface area contributed by atoms with E-state index in [1.807, 2.05) is 0 Å². The van der Waals surface area contributed by atoms with Crippen molar-refractivity contribution in [3.63, 3.8) is 0 Å². The van der Waals surface area contributed by atoms with E-state index in [9.17, 15) is 18.0 Å². The molecule has 41 heavy (non-hydrogen) atoms. The van der Waals surface area contributed by atoms with Crippen LogP contribution >= 0.6 is 0 Å². The number of hydrogen-bond acceptors (Lipinski definition) is 8. The van der Waals surface area contributed by atoms with Gasteiger partial charge in [-0.25, -0.2) is 18.0 Å². The second kappa shape index (κ2) is 11.9. The quantitative estimate of drug-likeness (QED) is 0.349. The van der Waals surface area contributed by atoms with Crippen LogP contribution in [0.2, 0.25) is 0 Å². The molecule has 0 fully saturated rings. The van der Waals surface area contributed by atoms with Crippen molar-refractivity contribution in [2.45, 2.75) is 24.4 Å². The second-order valence-electron chi connectivity index (χ2n) is 9.19. The molecule has 0 aliphatic carbocycles. The van der Waals surface area contributed by atoms with Crippen molar-refractivity contribution in [1.29, 1.82) is 0 Å². The summed E-state index contributed by atoms with van der Waals surface area (Å²) in [4.78, 5) is 26.2. The first-order valence-corrected chi connectivity index (χ1v) is 14.3. The zero-order chi connectivity index (χ0) is 29.0. The highest BCUT2D eigenvalue weighted by atomic mass is 32.2. The Kier molecular flexibility index (Phi) is 8.13. The van der Waals surface area contributed by atoms with Gasteiger partial charge in [0.25, 0.3) is 0 Å². The van der Waals surface area contributed by atoms with Gasteiger partial charge in [-0.15, -0.1) is 0 Å². The van der Waals surface area contributed by atoms with E-state index in [1.165, 1.54) is 23.5 Å². The van der Waals surface area contributed by atoms with Gasteiger partial charge in [0.05, 0.1) is 36.8 Å². The Morgan fingerprint density at radius 2 is 1.73 bits per heavy atom. The minimum Gasteiger partial charge on any atom is -0.497 e. The van der Waals surface area contributed by atoms with Crippen LogP contribution in [0, 0.1) is 0 Å². The van der Waals surface area contributed by atoms with E-state index in [0.717, 1.165) is 0 Å². The molecule has 2 amide bonds. The van der Waals surface area contributed by atoms with E-state index in [0.29, 0.717) is 28.4 Å². The molecule has 0 radical (unpaired) electrons. The Bertz CT molecular complexity index is 1570. The predicted molar refractivity (Wildman–Crippen MR) is 148 cm³/mol. The van der Waals surface area contributed by atoms with Crippen LogP contribution in [0.1, 0.15) is 24.1 Å². The maximum atomic E-state index is 13.9. The van der Waals surface area contributed by atoms with E-state index >= 15 is 0 Å². The molecule has 1 atom stereocenters. The van der Waals surface area contributed by atoms with Gasteiger partial charge in [-0.05, 0) is 54.4 Å². The molecule has 11 nitrogen and oxygen atoms in total. The van der Waals surface area contributed by atoms with Crippen LogP contribution in [-0.4, -0.2) is 51.8 Å². The van der Waals surface area contributed by atoms with Crippen LogP contribution in [0.5, 0.6) is 17.2 Å². The number of esters is 1. The largest absolute Gasteiger partial charge is 0.497 e. The standard InChI is InChI=1S/C29H29N3O8S/c1-3-38-28(33)26-23(30-29(34)31-27(26)20-10-12-21(37-2)13-11-20)17-32(41(35,36)22-7-5-4-6-8-22)16-19-9-14-24-25(15-19)40-18-39-24/h4-15,27H,3,16-18H2,1-2H3,(H2,30,31,34)/t27-/m0/s1. The fourth-order valence-electron chi connectivity index (χ4n) is 4.63. The lowest BCUT2D eigenvalue weighted by Gasteiger charge is -2.32. The number of urea groups is 1. The third-order valence-electron chi connectivity index (χ3n) is 6.61. The summed E-state index contributed by atoms with van der Waals surface area (Å²) in [7, 11) is -2.56. The molecular formula is C29H29N3O8S. The first-order chi connectivity index (χ1) is 19.8.